The smallest absolute Gasteiger partial charge is 0.257 e. The Balaban J connectivity index is 2.32. The first-order valence-corrected chi connectivity index (χ1v) is 6.47. The van der Waals surface area contributed by atoms with Gasteiger partial charge in [-0.15, -0.1) is 0 Å². The molecule has 0 saturated heterocycles. The van der Waals surface area contributed by atoms with Gasteiger partial charge in [0.15, 0.2) is 0 Å². The Morgan fingerprint density at radius 2 is 1.95 bits per heavy atom. The van der Waals surface area contributed by atoms with Crippen LogP contribution in [0.15, 0.2) is 36.4 Å². The number of carbonyl (C=O) groups excluding carboxylic acids is 1. The fraction of sp³-hybridized carbons (Fsp3) is 0.0714. The molecule has 0 aliphatic heterocycles. The van der Waals surface area contributed by atoms with Gasteiger partial charge in [-0.25, -0.2) is 0 Å². The summed E-state index contributed by atoms with van der Waals surface area (Å²) in [5, 5.41) is 3.44. The van der Waals surface area contributed by atoms with Crippen molar-refractivity contribution in [3.63, 3.8) is 0 Å². The molecule has 0 spiro atoms. The number of nitrogens with two attached hydrogens (primary N) is 1. The molecule has 3 N–H and O–H groups in total. The van der Waals surface area contributed by atoms with Gasteiger partial charge >= 0.3 is 0 Å². The van der Waals surface area contributed by atoms with Crippen molar-refractivity contribution >= 4 is 40.5 Å². The van der Waals surface area contributed by atoms with E-state index in [4.69, 9.17) is 33.7 Å². The van der Waals surface area contributed by atoms with Crippen LogP contribution in [0.25, 0.3) is 0 Å². The average molecular weight is 311 g/mol. The molecule has 0 unspecified atom stereocenters. The van der Waals surface area contributed by atoms with E-state index < -0.39 is 0 Å². The molecule has 0 aliphatic carbocycles. The lowest BCUT2D eigenvalue weighted by Gasteiger charge is -2.11. The maximum absolute atomic E-state index is 12.2. The Hall–Kier alpha value is -1.91. The van der Waals surface area contributed by atoms with Crippen LogP contribution >= 0.6 is 23.2 Å². The molecule has 0 saturated carbocycles. The second-order valence-electron chi connectivity index (χ2n) is 4.04. The van der Waals surface area contributed by atoms with Crippen molar-refractivity contribution in [3.05, 3.63) is 52.0 Å². The number of halogens is 2. The zero-order chi connectivity index (χ0) is 14.7. The number of hydrogen-bond donors (Lipinski definition) is 2. The summed E-state index contributed by atoms with van der Waals surface area (Å²) in [6.45, 7) is 0. The van der Waals surface area contributed by atoms with E-state index >= 15 is 0 Å². The van der Waals surface area contributed by atoms with Gasteiger partial charge in [-0.3, -0.25) is 4.79 Å². The van der Waals surface area contributed by atoms with Crippen LogP contribution in [-0.2, 0) is 0 Å². The first kappa shape index (κ1) is 14.5. The van der Waals surface area contributed by atoms with Gasteiger partial charge in [0.2, 0.25) is 0 Å². The summed E-state index contributed by atoms with van der Waals surface area (Å²) in [6, 6.07) is 9.63. The summed E-state index contributed by atoms with van der Waals surface area (Å²) in [6.07, 6.45) is 0. The molecule has 0 heterocycles. The molecular formula is C14H12Cl2N2O2. The Bertz CT molecular complexity index is 660. The third kappa shape index (κ3) is 3.15. The summed E-state index contributed by atoms with van der Waals surface area (Å²) < 4.78 is 5.16. The highest BCUT2D eigenvalue weighted by Gasteiger charge is 2.13. The van der Waals surface area contributed by atoms with Crippen LogP contribution in [0, 0.1) is 0 Å². The molecule has 20 heavy (non-hydrogen) atoms. The standard InChI is InChI=1S/C14H12Cl2N2O2/c1-20-13-5-3-9(17)7-12(13)18-14(19)10-6-8(15)2-4-11(10)16/h2-7H,17H2,1H3,(H,18,19). The second-order valence-corrected chi connectivity index (χ2v) is 4.88. The van der Waals surface area contributed by atoms with Gasteiger partial charge < -0.3 is 15.8 Å². The maximum Gasteiger partial charge on any atom is 0.257 e. The maximum atomic E-state index is 12.2. The molecule has 2 aromatic carbocycles. The van der Waals surface area contributed by atoms with Gasteiger partial charge in [0.05, 0.1) is 23.4 Å². The van der Waals surface area contributed by atoms with Crippen molar-refractivity contribution in [1.82, 2.24) is 0 Å². The molecule has 4 nitrogen and oxygen atoms in total. The van der Waals surface area contributed by atoms with Crippen LogP contribution < -0.4 is 15.8 Å². The van der Waals surface area contributed by atoms with Crippen LogP contribution in [0.2, 0.25) is 10.0 Å². The Kier molecular flexibility index (Phi) is 4.37. The van der Waals surface area contributed by atoms with Crippen molar-refractivity contribution in [2.45, 2.75) is 0 Å². The number of nitrogen functional groups attached to an aromatic ring is 1. The first-order valence-electron chi connectivity index (χ1n) is 5.71. The molecule has 0 aliphatic rings. The van der Waals surface area contributed by atoms with E-state index in [1.54, 1.807) is 30.3 Å². The first-order chi connectivity index (χ1) is 9.51. The zero-order valence-electron chi connectivity index (χ0n) is 10.6. The van der Waals surface area contributed by atoms with Crippen LogP contribution in [0.4, 0.5) is 11.4 Å². The minimum atomic E-state index is -0.388. The van der Waals surface area contributed by atoms with E-state index in [1.807, 2.05) is 0 Å². The van der Waals surface area contributed by atoms with Crippen molar-refractivity contribution in [2.75, 3.05) is 18.2 Å². The quantitative estimate of drug-likeness (QED) is 0.847. The van der Waals surface area contributed by atoms with Gasteiger partial charge in [-0.1, -0.05) is 23.2 Å². The van der Waals surface area contributed by atoms with E-state index in [2.05, 4.69) is 5.32 Å². The van der Waals surface area contributed by atoms with Gasteiger partial charge in [0, 0.05) is 10.7 Å². The lowest BCUT2D eigenvalue weighted by atomic mass is 10.2. The molecule has 0 aromatic heterocycles. The highest BCUT2D eigenvalue weighted by molar-refractivity contribution is 6.36. The van der Waals surface area contributed by atoms with Crippen LogP contribution in [-0.4, -0.2) is 13.0 Å². The normalized spacial score (nSPS) is 10.2. The fourth-order valence-corrected chi connectivity index (χ4v) is 2.06. The SMILES string of the molecule is COc1ccc(N)cc1NC(=O)c1cc(Cl)ccc1Cl. The topological polar surface area (TPSA) is 64.3 Å². The molecule has 104 valence electrons. The fourth-order valence-electron chi connectivity index (χ4n) is 1.68. The zero-order valence-corrected chi connectivity index (χ0v) is 12.1. The predicted octanol–water partition coefficient (Wildman–Crippen LogP) is 3.84. The Morgan fingerprint density at radius 3 is 2.65 bits per heavy atom. The van der Waals surface area contributed by atoms with Crippen molar-refractivity contribution in [3.8, 4) is 5.75 Å². The van der Waals surface area contributed by atoms with E-state index in [0.717, 1.165) is 0 Å². The summed E-state index contributed by atoms with van der Waals surface area (Å²) in [7, 11) is 1.51. The van der Waals surface area contributed by atoms with E-state index in [1.165, 1.54) is 13.2 Å². The van der Waals surface area contributed by atoms with E-state index in [-0.39, 0.29) is 11.5 Å². The number of rotatable bonds is 3. The molecule has 2 aromatic rings. The summed E-state index contributed by atoms with van der Waals surface area (Å²) in [4.78, 5) is 12.2. The third-order valence-corrected chi connectivity index (χ3v) is 3.21. The molecule has 1 amide bonds. The molecule has 2 rings (SSSR count). The summed E-state index contributed by atoms with van der Waals surface area (Å²) in [5.41, 5.74) is 6.96. The van der Waals surface area contributed by atoms with E-state index in [9.17, 15) is 4.79 Å². The van der Waals surface area contributed by atoms with Crippen molar-refractivity contribution in [2.24, 2.45) is 0 Å². The minimum absolute atomic E-state index is 0.281. The Morgan fingerprint density at radius 1 is 1.20 bits per heavy atom. The monoisotopic (exact) mass is 310 g/mol. The number of ether oxygens (including phenoxy) is 1. The second kappa shape index (κ2) is 6.03. The van der Waals surface area contributed by atoms with E-state index in [0.29, 0.717) is 27.2 Å². The number of anilines is 2. The molecule has 0 fully saturated rings. The molecule has 6 heteroatoms. The van der Waals surface area contributed by atoms with Gasteiger partial charge in [0.1, 0.15) is 5.75 Å². The van der Waals surface area contributed by atoms with Gasteiger partial charge in [-0.2, -0.15) is 0 Å². The number of nitrogens with one attached hydrogen (secondary N) is 1. The van der Waals surface area contributed by atoms with Crippen LogP contribution in [0.3, 0.4) is 0 Å². The third-order valence-electron chi connectivity index (χ3n) is 2.64. The minimum Gasteiger partial charge on any atom is -0.495 e. The predicted molar refractivity (Wildman–Crippen MR) is 81.8 cm³/mol. The lowest BCUT2D eigenvalue weighted by molar-refractivity contribution is 0.102. The largest absolute Gasteiger partial charge is 0.495 e. The van der Waals surface area contributed by atoms with Gasteiger partial charge in [-0.05, 0) is 36.4 Å². The van der Waals surface area contributed by atoms with Crippen LogP contribution in [0.5, 0.6) is 5.75 Å². The molecular weight excluding hydrogens is 299 g/mol. The number of benzene rings is 2. The number of carbonyl (C=O) groups is 1. The Labute approximate surface area is 126 Å². The number of hydrogen-bond acceptors (Lipinski definition) is 3. The van der Waals surface area contributed by atoms with Gasteiger partial charge in [0.25, 0.3) is 5.91 Å². The van der Waals surface area contributed by atoms with Crippen LogP contribution in [0.1, 0.15) is 10.4 Å². The lowest BCUT2D eigenvalue weighted by Crippen LogP contribution is -2.13. The highest BCUT2D eigenvalue weighted by Crippen LogP contribution is 2.28. The van der Waals surface area contributed by atoms with Crippen molar-refractivity contribution < 1.29 is 9.53 Å². The number of amides is 1. The highest BCUT2D eigenvalue weighted by atomic mass is 35.5. The molecule has 0 atom stereocenters. The van der Waals surface area contributed by atoms with Crippen molar-refractivity contribution in [1.29, 1.82) is 0 Å². The molecule has 0 radical (unpaired) electrons. The summed E-state index contributed by atoms with van der Waals surface area (Å²) >= 11 is 11.9. The number of methoxy groups -OCH3 is 1. The molecule has 0 bridgehead atoms. The summed E-state index contributed by atoms with van der Waals surface area (Å²) in [5.74, 6) is 0.118. The average Bonchev–Trinajstić information content (AvgIpc) is 2.41.